The first-order valence-electron chi connectivity index (χ1n) is 11.7. The lowest BCUT2D eigenvalue weighted by Crippen LogP contribution is -2.44. The molecular weight excluding hydrogens is 400 g/mol. The molecule has 32 heavy (non-hydrogen) atoms. The van der Waals surface area contributed by atoms with E-state index in [1.807, 2.05) is 4.90 Å². The number of rotatable bonds is 5. The predicted molar refractivity (Wildman–Crippen MR) is 127 cm³/mol. The first-order chi connectivity index (χ1) is 15.8. The molecule has 0 radical (unpaired) electrons. The van der Waals surface area contributed by atoms with Crippen molar-refractivity contribution >= 4 is 16.9 Å². The van der Waals surface area contributed by atoms with Crippen LogP contribution in [-0.4, -0.2) is 60.2 Å². The summed E-state index contributed by atoms with van der Waals surface area (Å²) in [6.07, 6.45) is 4.15. The van der Waals surface area contributed by atoms with Crippen LogP contribution < -0.4 is 5.32 Å². The van der Waals surface area contributed by atoms with Crippen molar-refractivity contribution in [2.75, 3.05) is 39.4 Å². The number of aromatic nitrogens is 1. The maximum atomic E-state index is 12.9. The summed E-state index contributed by atoms with van der Waals surface area (Å²) in [7, 11) is 0. The van der Waals surface area contributed by atoms with Crippen molar-refractivity contribution in [3.63, 3.8) is 0 Å². The fourth-order valence-corrected chi connectivity index (χ4v) is 4.99. The SMILES string of the molecule is O=C(NCc1ccccc1CN1CCOCC1)N1CCC(c2c[nH]c3ccccc23)CC1. The monoisotopic (exact) mass is 432 g/mol. The molecule has 1 aromatic heterocycles. The number of H-pyrrole nitrogens is 1. The number of morpholine rings is 1. The molecule has 0 atom stereocenters. The number of hydrogen-bond donors (Lipinski definition) is 2. The minimum Gasteiger partial charge on any atom is -0.379 e. The van der Waals surface area contributed by atoms with Gasteiger partial charge in [0.1, 0.15) is 0 Å². The number of benzene rings is 2. The van der Waals surface area contributed by atoms with Crippen molar-refractivity contribution < 1.29 is 9.53 Å². The number of ether oxygens (including phenoxy) is 1. The van der Waals surface area contributed by atoms with Gasteiger partial charge in [-0.15, -0.1) is 0 Å². The van der Waals surface area contributed by atoms with Crippen LogP contribution in [-0.2, 0) is 17.8 Å². The van der Waals surface area contributed by atoms with Gasteiger partial charge in [0.15, 0.2) is 0 Å². The lowest BCUT2D eigenvalue weighted by Gasteiger charge is -2.32. The highest BCUT2D eigenvalue weighted by Crippen LogP contribution is 2.33. The predicted octanol–water partition coefficient (Wildman–Crippen LogP) is 4.09. The largest absolute Gasteiger partial charge is 0.379 e. The third-order valence-corrected chi connectivity index (χ3v) is 6.89. The molecule has 2 aliphatic rings. The normalized spacial score (nSPS) is 18.2. The molecule has 6 heteroatoms. The van der Waals surface area contributed by atoms with Gasteiger partial charge in [-0.2, -0.15) is 0 Å². The first-order valence-corrected chi connectivity index (χ1v) is 11.7. The number of aromatic amines is 1. The number of hydrogen-bond acceptors (Lipinski definition) is 3. The van der Waals surface area contributed by atoms with E-state index in [0.29, 0.717) is 12.5 Å². The molecule has 2 amide bonds. The second-order valence-corrected chi connectivity index (χ2v) is 8.87. The number of likely N-dealkylation sites (tertiary alicyclic amines) is 1. The van der Waals surface area contributed by atoms with E-state index in [4.69, 9.17) is 4.74 Å². The number of fused-ring (bicyclic) bond motifs is 1. The fourth-order valence-electron chi connectivity index (χ4n) is 4.99. The van der Waals surface area contributed by atoms with E-state index >= 15 is 0 Å². The van der Waals surface area contributed by atoms with E-state index in [-0.39, 0.29) is 6.03 Å². The van der Waals surface area contributed by atoms with E-state index in [1.54, 1.807) is 0 Å². The summed E-state index contributed by atoms with van der Waals surface area (Å²) >= 11 is 0. The minimum absolute atomic E-state index is 0.0450. The minimum atomic E-state index is 0.0450. The molecule has 6 nitrogen and oxygen atoms in total. The molecule has 2 saturated heterocycles. The molecule has 2 aliphatic heterocycles. The molecule has 0 aliphatic carbocycles. The molecule has 2 fully saturated rings. The van der Waals surface area contributed by atoms with Crippen molar-refractivity contribution in [3.05, 3.63) is 71.4 Å². The van der Waals surface area contributed by atoms with Gasteiger partial charge in [0.25, 0.3) is 0 Å². The van der Waals surface area contributed by atoms with E-state index < -0.39 is 0 Å². The molecule has 3 aromatic rings. The van der Waals surface area contributed by atoms with Crippen LogP contribution in [0.1, 0.15) is 35.4 Å². The molecule has 2 N–H and O–H groups in total. The second kappa shape index (κ2) is 9.76. The third kappa shape index (κ3) is 4.66. The highest BCUT2D eigenvalue weighted by atomic mass is 16.5. The topological polar surface area (TPSA) is 60.6 Å². The maximum absolute atomic E-state index is 12.9. The zero-order valence-electron chi connectivity index (χ0n) is 18.6. The zero-order chi connectivity index (χ0) is 21.8. The molecule has 0 saturated carbocycles. The summed E-state index contributed by atoms with van der Waals surface area (Å²) in [6.45, 7) is 6.60. The van der Waals surface area contributed by atoms with E-state index in [0.717, 1.165) is 58.8 Å². The molecular formula is C26H32N4O2. The molecule has 0 bridgehead atoms. The van der Waals surface area contributed by atoms with Gasteiger partial charge in [0.05, 0.1) is 13.2 Å². The summed E-state index contributed by atoms with van der Waals surface area (Å²) in [5.74, 6) is 0.504. The average Bonchev–Trinajstić information content (AvgIpc) is 3.28. The quantitative estimate of drug-likeness (QED) is 0.638. The Morgan fingerprint density at radius 1 is 0.969 bits per heavy atom. The molecule has 5 rings (SSSR count). The Bertz CT molecular complexity index is 1050. The van der Waals surface area contributed by atoms with Crippen molar-refractivity contribution in [3.8, 4) is 0 Å². The van der Waals surface area contributed by atoms with Gasteiger partial charge in [0, 0.05) is 56.4 Å². The highest BCUT2D eigenvalue weighted by molar-refractivity contribution is 5.83. The van der Waals surface area contributed by atoms with Gasteiger partial charge in [0.2, 0.25) is 0 Å². The summed E-state index contributed by atoms with van der Waals surface area (Å²) in [5, 5.41) is 4.48. The second-order valence-electron chi connectivity index (χ2n) is 8.87. The van der Waals surface area contributed by atoms with Gasteiger partial charge in [-0.1, -0.05) is 42.5 Å². The van der Waals surface area contributed by atoms with Gasteiger partial charge >= 0.3 is 6.03 Å². The lowest BCUT2D eigenvalue weighted by molar-refractivity contribution is 0.0340. The summed E-state index contributed by atoms with van der Waals surface area (Å²) < 4.78 is 5.46. The van der Waals surface area contributed by atoms with Gasteiger partial charge < -0.3 is 19.9 Å². The number of carbonyl (C=O) groups is 1. The standard InChI is InChI=1S/C26H32N4O2/c31-26(28-17-21-5-1-2-6-22(21)19-29-13-15-32-16-14-29)30-11-9-20(10-12-30)24-18-27-25-8-4-3-7-23(24)25/h1-8,18,20,27H,9-17,19H2,(H,28,31). The summed E-state index contributed by atoms with van der Waals surface area (Å²) in [4.78, 5) is 20.6. The van der Waals surface area contributed by atoms with Crippen molar-refractivity contribution in [2.45, 2.75) is 31.8 Å². The number of carbonyl (C=O) groups excluding carboxylic acids is 1. The summed E-state index contributed by atoms with van der Waals surface area (Å²) in [5.41, 5.74) is 5.06. The molecule has 0 spiro atoms. The van der Waals surface area contributed by atoms with Crippen LogP contribution >= 0.6 is 0 Å². The Morgan fingerprint density at radius 3 is 2.50 bits per heavy atom. The van der Waals surface area contributed by atoms with Gasteiger partial charge in [-0.3, -0.25) is 4.90 Å². The van der Waals surface area contributed by atoms with Crippen LogP contribution in [0.4, 0.5) is 4.79 Å². The third-order valence-electron chi connectivity index (χ3n) is 6.89. The van der Waals surface area contributed by atoms with E-state index in [2.05, 4.69) is 69.9 Å². The van der Waals surface area contributed by atoms with Gasteiger partial charge in [-0.05, 0) is 41.5 Å². The molecule has 168 valence electrons. The highest BCUT2D eigenvalue weighted by Gasteiger charge is 2.25. The molecule has 3 heterocycles. The van der Waals surface area contributed by atoms with Gasteiger partial charge in [-0.25, -0.2) is 4.79 Å². The molecule has 2 aromatic carbocycles. The Labute approximate surface area is 189 Å². The first kappa shape index (κ1) is 21.0. The Morgan fingerprint density at radius 2 is 1.69 bits per heavy atom. The number of piperidine rings is 1. The fraction of sp³-hybridized carbons (Fsp3) is 0.423. The Kier molecular flexibility index (Phi) is 6.41. The van der Waals surface area contributed by atoms with Crippen LogP contribution in [0.2, 0.25) is 0 Å². The van der Waals surface area contributed by atoms with E-state index in [9.17, 15) is 4.79 Å². The van der Waals surface area contributed by atoms with Crippen LogP contribution in [0, 0.1) is 0 Å². The number of urea groups is 1. The number of amides is 2. The van der Waals surface area contributed by atoms with Crippen LogP contribution in [0.3, 0.4) is 0 Å². The maximum Gasteiger partial charge on any atom is 0.317 e. The van der Waals surface area contributed by atoms with Crippen molar-refractivity contribution in [1.82, 2.24) is 20.1 Å². The van der Waals surface area contributed by atoms with E-state index in [1.165, 1.54) is 27.6 Å². The van der Waals surface area contributed by atoms with Crippen molar-refractivity contribution in [1.29, 1.82) is 0 Å². The Balaban J connectivity index is 1.15. The lowest BCUT2D eigenvalue weighted by atomic mass is 9.89. The van der Waals surface area contributed by atoms with Crippen LogP contribution in [0.25, 0.3) is 10.9 Å². The smallest absolute Gasteiger partial charge is 0.317 e. The average molecular weight is 433 g/mol. The summed E-state index contributed by atoms with van der Waals surface area (Å²) in [6, 6.07) is 16.9. The Hall–Kier alpha value is -2.83. The van der Waals surface area contributed by atoms with Crippen LogP contribution in [0.5, 0.6) is 0 Å². The van der Waals surface area contributed by atoms with Crippen LogP contribution in [0.15, 0.2) is 54.7 Å². The number of nitrogens with zero attached hydrogens (tertiary/aromatic N) is 2. The van der Waals surface area contributed by atoms with Crippen molar-refractivity contribution in [2.24, 2.45) is 0 Å². The molecule has 0 unspecified atom stereocenters. The number of para-hydroxylation sites is 1. The number of nitrogens with one attached hydrogen (secondary N) is 2. The zero-order valence-corrected chi connectivity index (χ0v) is 18.6.